The molecule has 1 aliphatic carbocycles. The molecule has 4 unspecified atom stereocenters. The normalized spacial score (nSPS) is 21.2. The predicted molar refractivity (Wildman–Crippen MR) is 243 cm³/mol. The smallest absolute Gasteiger partial charge is 0.0716 e. The maximum absolute atomic E-state index is 5.44. The van der Waals surface area contributed by atoms with Crippen LogP contribution in [0.5, 0.6) is 0 Å². The van der Waals surface area contributed by atoms with E-state index in [1.54, 1.807) is 0 Å². The second kappa shape index (κ2) is 14.1. The maximum Gasteiger partial charge on any atom is 0.0716 e. The third-order valence-electron chi connectivity index (χ3n) is 13.0. The number of hydrogen-bond donors (Lipinski definition) is 2. The molecule has 4 atom stereocenters. The number of allylic oxidation sites excluding steroid dienone is 2. The lowest BCUT2D eigenvalue weighted by Crippen LogP contribution is -2.44. The molecule has 7 aromatic carbocycles. The van der Waals surface area contributed by atoms with Crippen molar-refractivity contribution >= 4 is 45.8 Å². The van der Waals surface area contributed by atoms with Gasteiger partial charge in [0.2, 0.25) is 0 Å². The minimum atomic E-state index is -0.478. The molecule has 0 amide bonds. The summed E-state index contributed by atoms with van der Waals surface area (Å²) >= 11 is 5.44. The van der Waals surface area contributed by atoms with Gasteiger partial charge in [0, 0.05) is 27.3 Å². The zero-order valence-corrected chi connectivity index (χ0v) is 33.5. The highest BCUT2D eigenvalue weighted by molar-refractivity contribution is 7.80. The number of para-hydroxylation sites is 1. The van der Waals surface area contributed by atoms with Gasteiger partial charge in [-0.1, -0.05) is 177 Å². The molecule has 0 bridgehead atoms. The van der Waals surface area contributed by atoms with Crippen molar-refractivity contribution in [3.63, 3.8) is 0 Å². The average Bonchev–Trinajstić information content (AvgIpc) is 3.86. The van der Waals surface area contributed by atoms with Crippen molar-refractivity contribution in [2.45, 2.75) is 42.7 Å². The summed E-state index contributed by atoms with van der Waals surface area (Å²) in [6.07, 6.45) is 7.08. The third-order valence-corrected chi connectivity index (χ3v) is 13.5. The van der Waals surface area contributed by atoms with Crippen LogP contribution >= 0.6 is 12.6 Å². The van der Waals surface area contributed by atoms with Crippen molar-refractivity contribution in [3.8, 4) is 11.1 Å². The van der Waals surface area contributed by atoms with E-state index in [0.29, 0.717) is 12.5 Å². The van der Waals surface area contributed by atoms with Gasteiger partial charge in [-0.3, -0.25) is 0 Å². The number of nitrogens with zero attached hydrogens (tertiary/aromatic N) is 2. The zero-order chi connectivity index (χ0) is 38.8. The Morgan fingerprint density at radius 1 is 0.690 bits per heavy atom. The molecule has 0 spiro atoms. The van der Waals surface area contributed by atoms with Gasteiger partial charge in [0.05, 0.1) is 34.7 Å². The Kier molecular flexibility index (Phi) is 8.53. The zero-order valence-electron chi connectivity index (χ0n) is 32.6. The van der Waals surface area contributed by atoms with E-state index in [0.717, 1.165) is 17.7 Å². The Hall–Kier alpha value is -6.07. The number of nitrogens with one attached hydrogen (secondary N) is 1. The van der Waals surface area contributed by atoms with Crippen LogP contribution in [0.4, 0.5) is 0 Å². The Morgan fingerprint density at radius 2 is 1.34 bits per heavy atom. The van der Waals surface area contributed by atoms with Crippen LogP contribution in [0, 0.1) is 11.8 Å². The van der Waals surface area contributed by atoms with Crippen LogP contribution in [0.25, 0.3) is 44.3 Å². The van der Waals surface area contributed by atoms with Crippen molar-refractivity contribution in [2.24, 2.45) is 11.8 Å². The Labute approximate surface area is 346 Å². The van der Waals surface area contributed by atoms with Crippen molar-refractivity contribution in [1.29, 1.82) is 0 Å². The summed E-state index contributed by atoms with van der Waals surface area (Å²) in [5.41, 5.74) is 18.6. The number of hydrogen-bond acceptors (Lipinski definition) is 3. The number of thiol groups is 1. The summed E-state index contributed by atoms with van der Waals surface area (Å²) in [6, 6.07) is 64.9. The fourth-order valence-electron chi connectivity index (χ4n) is 10.5. The van der Waals surface area contributed by atoms with Gasteiger partial charge in [0.15, 0.2) is 0 Å². The molecule has 58 heavy (non-hydrogen) atoms. The fourth-order valence-corrected chi connectivity index (χ4v) is 10.9. The summed E-state index contributed by atoms with van der Waals surface area (Å²) < 4.78 is 2.62. The van der Waals surface area contributed by atoms with Crippen LogP contribution in [-0.4, -0.2) is 9.58 Å². The average molecular weight is 768 g/mol. The molecule has 0 fully saturated rings. The molecule has 4 heteroatoms. The van der Waals surface area contributed by atoms with Crippen LogP contribution < -0.4 is 5.43 Å². The van der Waals surface area contributed by atoms with E-state index in [-0.39, 0.29) is 12.0 Å². The molecule has 2 aliphatic heterocycles. The summed E-state index contributed by atoms with van der Waals surface area (Å²) in [4.78, 5) is 1.03. The molecule has 3 nitrogen and oxygen atoms in total. The lowest BCUT2D eigenvalue weighted by molar-refractivity contribution is 0.282. The quantitative estimate of drug-likeness (QED) is 0.158. The van der Waals surface area contributed by atoms with E-state index in [4.69, 9.17) is 12.6 Å². The van der Waals surface area contributed by atoms with Crippen LogP contribution in [-0.2, 0) is 12.0 Å². The lowest BCUT2D eigenvalue weighted by atomic mass is 9.56. The largest absolute Gasteiger partial charge is 0.313 e. The molecular weight excluding hydrogens is 723 g/mol. The number of benzene rings is 7. The first-order chi connectivity index (χ1) is 28.6. The van der Waals surface area contributed by atoms with Crippen LogP contribution in [0.3, 0.4) is 0 Å². The Morgan fingerprint density at radius 3 is 2.10 bits per heavy atom. The molecule has 11 rings (SSSR count). The highest BCUT2D eigenvalue weighted by Crippen LogP contribution is 2.60. The van der Waals surface area contributed by atoms with Crippen molar-refractivity contribution in [3.05, 3.63) is 221 Å². The van der Waals surface area contributed by atoms with Gasteiger partial charge in [-0.05, 0) is 81.5 Å². The third kappa shape index (κ3) is 5.46. The molecule has 0 saturated carbocycles. The summed E-state index contributed by atoms with van der Waals surface area (Å²) in [5, 5.41) is 4.84. The topological polar surface area (TPSA) is 20.2 Å². The number of hydrazine groups is 1. The van der Waals surface area contributed by atoms with E-state index < -0.39 is 5.41 Å². The van der Waals surface area contributed by atoms with E-state index in [1.165, 1.54) is 77.7 Å². The molecule has 3 aliphatic rings. The fraction of sp³-hybridized carbons (Fsp3) is 0.148. The second-order valence-corrected chi connectivity index (χ2v) is 16.9. The van der Waals surface area contributed by atoms with Crippen LogP contribution in [0.1, 0.15) is 59.2 Å². The minimum Gasteiger partial charge on any atom is -0.313 e. The van der Waals surface area contributed by atoms with Gasteiger partial charge in [-0.2, -0.15) is 0 Å². The van der Waals surface area contributed by atoms with Crippen molar-refractivity contribution < 1.29 is 0 Å². The summed E-state index contributed by atoms with van der Waals surface area (Å²) in [7, 11) is 0. The van der Waals surface area contributed by atoms with Crippen LogP contribution in [0.2, 0.25) is 0 Å². The number of aromatic nitrogens is 1. The van der Waals surface area contributed by atoms with E-state index in [2.05, 4.69) is 210 Å². The lowest BCUT2D eigenvalue weighted by Gasteiger charge is -2.50. The minimum absolute atomic E-state index is 0.0800. The molecule has 3 heterocycles. The van der Waals surface area contributed by atoms with Gasteiger partial charge >= 0.3 is 0 Å². The van der Waals surface area contributed by atoms with Gasteiger partial charge in [0.1, 0.15) is 0 Å². The molecule has 1 aromatic heterocycles. The van der Waals surface area contributed by atoms with Crippen molar-refractivity contribution in [1.82, 2.24) is 15.0 Å². The first-order valence-corrected chi connectivity index (χ1v) is 21.1. The maximum atomic E-state index is 5.44. The Bertz CT molecular complexity index is 2880. The van der Waals surface area contributed by atoms with Crippen molar-refractivity contribution in [2.75, 3.05) is 0 Å². The van der Waals surface area contributed by atoms with Gasteiger partial charge in [-0.25, -0.2) is 5.43 Å². The van der Waals surface area contributed by atoms with E-state index >= 15 is 0 Å². The Balaban J connectivity index is 1.16. The molecule has 282 valence electrons. The van der Waals surface area contributed by atoms with Gasteiger partial charge < -0.3 is 9.58 Å². The molecule has 0 saturated heterocycles. The number of fused-ring (bicyclic) bond motifs is 5. The second-order valence-electron chi connectivity index (χ2n) is 16.4. The monoisotopic (exact) mass is 767 g/mol. The van der Waals surface area contributed by atoms with E-state index in [1.807, 2.05) is 0 Å². The summed E-state index contributed by atoms with van der Waals surface area (Å²) in [6.45, 7) is 3.15. The highest BCUT2D eigenvalue weighted by atomic mass is 32.1. The number of rotatable bonds is 7. The SMILES string of the molecule is CC1CC=C2C(C1)C(c1ccccc1)(c1cccc(CN3NC(c4ccccc4)C=C3c3ccccc3)c1)c1cc(-c3ccccc3)c(S)c3c4ccccc4n2c13. The molecular formula is C54H45N3S. The first-order valence-electron chi connectivity index (χ1n) is 20.7. The molecule has 8 aromatic rings. The molecule has 1 N–H and O–H groups in total. The van der Waals surface area contributed by atoms with Gasteiger partial charge in [0.25, 0.3) is 0 Å². The predicted octanol–water partition coefficient (Wildman–Crippen LogP) is 13.1. The van der Waals surface area contributed by atoms with Gasteiger partial charge in [-0.15, -0.1) is 12.6 Å². The van der Waals surface area contributed by atoms with Crippen LogP contribution in [0.15, 0.2) is 193 Å². The first kappa shape index (κ1) is 35.1. The molecule has 0 radical (unpaired) electrons. The standard InChI is InChI=1S/C54H45N3S/c1-36-29-30-49-45(31-36)54(41-24-12-5-13-25-41,46-33-44(38-18-6-2-7-19-38)53(58)51-43-27-14-15-28-48(43)57(49)52(46)51)42-26-16-17-37(32-42)35-56-50(40-22-10-4-11-23-40)34-47(55-56)39-20-8-3-9-21-39/h2-28,30,32-34,36,45,47,55,58H,29,31,35H2,1H3. The van der Waals surface area contributed by atoms with E-state index in [9.17, 15) is 0 Å². The summed E-state index contributed by atoms with van der Waals surface area (Å²) in [5.74, 6) is 0.737. The highest BCUT2D eigenvalue weighted by Gasteiger charge is 2.52.